The molecule has 0 atom stereocenters. The summed E-state index contributed by atoms with van der Waals surface area (Å²) in [4.78, 5) is 0. The molecule has 0 aromatic heterocycles. The second-order valence-corrected chi connectivity index (χ2v) is 5.33. The van der Waals surface area contributed by atoms with Gasteiger partial charge in [-0.25, -0.2) is 0 Å². The minimum Gasteiger partial charge on any atom is -0.381 e. The lowest BCUT2D eigenvalue weighted by Crippen LogP contribution is -2.01. The van der Waals surface area contributed by atoms with Crippen LogP contribution in [0.1, 0.15) is 11.1 Å². The van der Waals surface area contributed by atoms with Crippen LogP contribution in [-0.2, 0) is 6.54 Å². The first-order chi connectivity index (χ1) is 8.56. The molecule has 0 fully saturated rings. The summed E-state index contributed by atoms with van der Waals surface area (Å²) in [7, 11) is 0. The first-order valence-corrected chi connectivity index (χ1v) is 6.63. The fraction of sp³-hybridized carbons (Fsp3) is 0.143. The van der Waals surface area contributed by atoms with E-state index in [-0.39, 0.29) is 0 Å². The summed E-state index contributed by atoms with van der Waals surface area (Å²) < 4.78 is 0. The van der Waals surface area contributed by atoms with E-state index in [1.807, 2.05) is 31.2 Å². The van der Waals surface area contributed by atoms with Crippen LogP contribution >= 0.6 is 34.8 Å². The van der Waals surface area contributed by atoms with Crippen LogP contribution in [-0.4, -0.2) is 0 Å². The molecule has 0 unspecified atom stereocenters. The van der Waals surface area contributed by atoms with Crippen molar-refractivity contribution in [2.45, 2.75) is 13.5 Å². The van der Waals surface area contributed by atoms with Gasteiger partial charge in [-0.05, 0) is 54.4 Å². The van der Waals surface area contributed by atoms with Crippen molar-refractivity contribution in [1.82, 2.24) is 0 Å². The Balaban J connectivity index is 2.13. The molecule has 0 spiro atoms. The Bertz CT molecular complexity index is 567. The van der Waals surface area contributed by atoms with E-state index in [0.29, 0.717) is 16.6 Å². The maximum atomic E-state index is 6.11. The van der Waals surface area contributed by atoms with Crippen molar-refractivity contribution < 1.29 is 0 Å². The van der Waals surface area contributed by atoms with Crippen molar-refractivity contribution in [3.05, 3.63) is 62.6 Å². The van der Waals surface area contributed by atoms with E-state index in [1.165, 1.54) is 0 Å². The molecule has 0 amide bonds. The highest BCUT2D eigenvalue weighted by Gasteiger charge is 2.03. The van der Waals surface area contributed by atoms with Crippen LogP contribution in [0.2, 0.25) is 15.1 Å². The Morgan fingerprint density at radius 1 is 0.944 bits per heavy atom. The van der Waals surface area contributed by atoms with Crippen LogP contribution in [0.15, 0.2) is 36.4 Å². The van der Waals surface area contributed by atoms with Crippen molar-refractivity contribution >= 4 is 40.5 Å². The molecule has 0 radical (unpaired) electrons. The fourth-order valence-electron chi connectivity index (χ4n) is 1.69. The van der Waals surface area contributed by atoms with Crippen molar-refractivity contribution in [3.8, 4) is 0 Å². The van der Waals surface area contributed by atoms with Crippen LogP contribution < -0.4 is 5.32 Å². The van der Waals surface area contributed by atoms with Crippen LogP contribution in [0.25, 0.3) is 0 Å². The molecule has 0 heterocycles. The Morgan fingerprint density at radius 3 is 2.33 bits per heavy atom. The average Bonchev–Trinajstić information content (AvgIpc) is 2.32. The van der Waals surface area contributed by atoms with Gasteiger partial charge >= 0.3 is 0 Å². The lowest BCUT2D eigenvalue weighted by atomic mass is 10.1. The Kier molecular flexibility index (Phi) is 4.39. The second kappa shape index (κ2) is 5.83. The molecule has 0 bridgehead atoms. The number of rotatable bonds is 3. The maximum absolute atomic E-state index is 6.11. The van der Waals surface area contributed by atoms with Gasteiger partial charge in [0.25, 0.3) is 0 Å². The molecule has 2 aromatic carbocycles. The third-order valence-corrected chi connectivity index (χ3v) is 3.50. The summed E-state index contributed by atoms with van der Waals surface area (Å²) in [6.45, 7) is 2.63. The summed E-state index contributed by atoms with van der Waals surface area (Å²) in [5.74, 6) is 0. The molecule has 18 heavy (non-hydrogen) atoms. The average molecular weight is 301 g/mol. The first kappa shape index (κ1) is 13.5. The van der Waals surface area contributed by atoms with Crippen LogP contribution in [0, 0.1) is 6.92 Å². The van der Waals surface area contributed by atoms with E-state index < -0.39 is 0 Å². The van der Waals surface area contributed by atoms with Gasteiger partial charge in [0, 0.05) is 27.3 Å². The quantitative estimate of drug-likeness (QED) is 0.781. The monoisotopic (exact) mass is 299 g/mol. The third-order valence-electron chi connectivity index (χ3n) is 2.67. The zero-order chi connectivity index (χ0) is 13.1. The Morgan fingerprint density at radius 2 is 1.61 bits per heavy atom. The number of hydrogen-bond donors (Lipinski definition) is 1. The van der Waals surface area contributed by atoms with E-state index in [9.17, 15) is 0 Å². The number of anilines is 1. The molecule has 0 saturated carbocycles. The molecule has 2 aromatic rings. The minimum absolute atomic E-state index is 0.627. The van der Waals surface area contributed by atoms with Gasteiger partial charge in [0.1, 0.15) is 0 Å². The van der Waals surface area contributed by atoms with Gasteiger partial charge in [-0.3, -0.25) is 0 Å². The summed E-state index contributed by atoms with van der Waals surface area (Å²) in [5.41, 5.74) is 3.11. The minimum atomic E-state index is 0.627. The number of nitrogens with one attached hydrogen (secondary N) is 1. The normalized spacial score (nSPS) is 10.4. The number of aryl methyl sites for hydroxylation is 1. The molecule has 0 aliphatic heterocycles. The Labute approximate surface area is 122 Å². The molecule has 94 valence electrons. The molecule has 4 heteroatoms. The highest BCUT2D eigenvalue weighted by Crippen LogP contribution is 2.24. The van der Waals surface area contributed by atoms with E-state index >= 15 is 0 Å². The molecular formula is C14H12Cl3N. The van der Waals surface area contributed by atoms with Gasteiger partial charge in [-0.15, -0.1) is 0 Å². The number of benzene rings is 2. The van der Waals surface area contributed by atoms with Crippen LogP contribution in [0.4, 0.5) is 5.69 Å². The predicted molar refractivity (Wildman–Crippen MR) is 80.0 cm³/mol. The van der Waals surface area contributed by atoms with Gasteiger partial charge in [0.15, 0.2) is 0 Å². The molecule has 1 nitrogen and oxygen atoms in total. The largest absolute Gasteiger partial charge is 0.381 e. The SMILES string of the molecule is Cc1cc(Cl)ccc1NCc1cc(Cl)ccc1Cl. The maximum Gasteiger partial charge on any atom is 0.0456 e. The zero-order valence-corrected chi connectivity index (χ0v) is 12.1. The molecular weight excluding hydrogens is 289 g/mol. The van der Waals surface area contributed by atoms with Gasteiger partial charge in [-0.2, -0.15) is 0 Å². The summed E-state index contributed by atoms with van der Waals surface area (Å²) in [6, 6.07) is 11.2. The molecule has 2 rings (SSSR count). The summed E-state index contributed by atoms with van der Waals surface area (Å²) >= 11 is 18.0. The van der Waals surface area contributed by atoms with Gasteiger partial charge in [0.2, 0.25) is 0 Å². The van der Waals surface area contributed by atoms with E-state index in [1.54, 1.807) is 12.1 Å². The third kappa shape index (κ3) is 3.32. The summed E-state index contributed by atoms with van der Waals surface area (Å²) in [5, 5.41) is 5.45. The molecule has 0 aliphatic rings. The highest BCUT2D eigenvalue weighted by molar-refractivity contribution is 6.33. The molecule has 1 N–H and O–H groups in total. The standard InChI is InChI=1S/C14H12Cl3N/c1-9-6-11(15)3-5-14(9)18-8-10-7-12(16)2-4-13(10)17/h2-7,18H,8H2,1H3. The smallest absolute Gasteiger partial charge is 0.0456 e. The number of hydrogen-bond acceptors (Lipinski definition) is 1. The summed E-state index contributed by atoms with van der Waals surface area (Å²) in [6.07, 6.45) is 0. The van der Waals surface area contributed by atoms with Gasteiger partial charge < -0.3 is 5.32 Å². The van der Waals surface area contributed by atoms with Crippen LogP contribution in [0.5, 0.6) is 0 Å². The fourth-order valence-corrected chi connectivity index (χ4v) is 2.30. The second-order valence-electron chi connectivity index (χ2n) is 4.05. The lowest BCUT2D eigenvalue weighted by Gasteiger charge is -2.11. The van der Waals surface area contributed by atoms with Crippen molar-refractivity contribution in [2.75, 3.05) is 5.32 Å². The topological polar surface area (TPSA) is 12.0 Å². The van der Waals surface area contributed by atoms with Crippen molar-refractivity contribution in [1.29, 1.82) is 0 Å². The van der Waals surface area contributed by atoms with Gasteiger partial charge in [0.05, 0.1) is 0 Å². The van der Waals surface area contributed by atoms with Crippen molar-refractivity contribution in [3.63, 3.8) is 0 Å². The van der Waals surface area contributed by atoms with E-state index in [0.717, 1.165) is 21.8 Å². The van der Waals surface area contributed by atoms with Crippen LogP contribution in [0.3, 0.4) is 0 Å². The van der Waals surface area contributed by atoms with E-state index in [4.69, 9.17) is 34.8 Å². The predicted octanol–water partition coefficient (Wildman–Crippen LogP) is 5.57. The Hall–Kier alpha value is -0.890. The number of halogens is 3. The van der Waals surface area contributed by atoms with Crippen molar-refractivity contribution in [2.24, 2.45) is 0 Å². The van der Waals surface area contributed by atoms with E-state index in [2.05, 4.69) is 5.32 Å². The highest BCUT2D eigenvalue weighted by atomic mass is 35.5. The lowest BCUT2D eigenvalue weighted by molar-refractivity contribution is 1.14. The molecule has 0 aliphatic carbocycles. The molecule has 0 saturated heterocycles. The van der Waals surface area contributed by atoms with Gasteiger partial charge in [-0.1, -0.05) is 34.8 Å². The zero-order valence-electron chi connectivity index (χ0n) is 9.81. The first-order valence-electron chi connectivity index (χ1n) is 5.50.